The summed E-state index contributed by atoms with van der Waals surface area (Å²) < 4.78 is 0. The lowest BCUT2D eigenvalue weighted by atomic mass is 9.78. The normalized spacial score (nSPS) is 25.9. The minimum atomic E-state index is 0.120. The summed E-state index contributed by atoms with van der Waals surface area (Å²) in [6.45, 7) is 8.55. The topological polar surface area (TPSA) is 17.1 Å². The summed E-state index contributed by atoms with van der Waals surface area (Å²) in [6.07, 6.45) is 3.63. The van der Waals surface area contributed by atoms with Crippen molar-refractivity contribution in [2.45, 2.75) is 52.2 Å². The Hall–Kier alpha value is 0.0200. The van der Waals surface area contributed by atoms with Crippen LogP contribution in [0.25, 0.3) is 0 Å². The molecule has 1 saturated heterocycles. The summed E-state index contributed by atoms with van der Waals surface area (Å²) >= 11 is 1.87. The Morgan fingerprint density at radius 2 is 2.00 bits per heavy atom. The highest BCUT2D eigenvalue weighted by Crippen LogP contribution is 2.33. The Labute approximate surface area is 92.0 Å². The van der Waals surface area contributed by atoms with Crippen LogP contribution in [0.1, 0.15) is 47.0 Å². The minimum Gasteiger partial charge on any atom is -0.298 e. The quantitative estimate of drug-likeness (QED) is 0.699. The van der Waals surface area contributed by atoms with Crippen LogP contribution < -0.4 is 0 Å². The smallest absolute Gasteiger partial charge is 0.149 e. The van der Waals surface area contributed by atoms with E-state index in [9.17, 15) is 4.79 Å². The van der Waals surface area contributed by atoms with E-state index < -0.39 is 0 Å². The first-order valence-electron chi connectivity index (χ1n) is 5.58. The van der Waals surface area contributed by atoms with Crippen LogP contribution in [0.5, 0.6) is 0 Å². The van der Waals surface area contributed by atoms with Gasteiger partial charge in [-0.15, -0.1) is 0 Å². The molecular weight excluding hydrogens is 192 g/mol. The Bertz CT molecular complexity index is 199. The lowest BCUT2D eigenvalue weighted by Crippen LogP contribution is -2.33. The van der Waals surface area contributed by atoms with Crippen LogP contribution in [-0.2, 0) is 4.79 Å². The van der Waals surface area contributed by atoms with Crippen LogP contribution in [0.4, 0.5) is 0 Å². The number of hydrogen-bond donors (Lipinski definition) is 0. The van der Waals surface area contributed by atoms with E-state index in [1.165, 1.54) is 18.6 Å². The van der Waals surface area contributed by atoms with Crippen LogP contribution in [-0.4, -0.2) is 16.8 Å². The predicted molar refractivity (Wildman–Crippen MR) is 63.7 cm³/mol. The van der Waals surface area contributed by atoms with E-state index in [0.29, 0.717) is 5.78 Å². The molecule has 0 aromatic carbocycles. The van der Waals surface area contributed by atoms with Crippen molar-refractivity contribution in [2.24, 2.45) is 11.3 Å². The number of Topliss-reactive ketones (excluding diaryl/α,β-unsaturated/α-hetero) is 1. The molecule has 1 rings (SSSR count). The molecule has 0 aromatic heterocycles. The molecule has 14 heavy (non-hydrogen) atoms. The van der Waals surface area contributed by atoms with Crippen molar-refractivity contribution in [3.05, 3.63) is 0 Å². The Kier molecular flexibility index (Phi) is 4.05. The third kappa shape index (κ3) is 3.01. The highest BCUT2D eigenvalue weighted by Gasteiger charge is 2.32. The fourth-order valence-corrected chi connectivity index (χ4v) is 3.03. The van der Waals surface area contributed by atoms with E-state index in [2.05, 4.69) is 27.7 Å². The molecule has 2 unspecified atom stereocenters. The second-order valence-electron chi connectivity index (χ2n) is 5.35. The fraction of sp³-hybridized carbons (Fsp3) is 0.917. The van der Waals surface area contributed by atoms with Gasteiger partial charge in [0.2, 0.25) is 0 Å². The molecule has 0 N–H and O–H groups in total. The number of thioether (sulfide) groups is 1. The zero-order valence-corrected chi connectivity index (χ0v) is 10.6. The van der Waals surface area contributed by atoms with Gasteiger partial charge in [-0.1, -0.05) is 34.1 Å². The zero-order valence-electron chi connectivity index (χ0n) is 9.80. The summed E-state index contributed by atoms with van der Waals surface area (Å²) in [6, 6.07) is 0. The molecule has 1 heterocycles. The molecule has 2 atom stereocenters. The first-order chi connectivity index (χ1) is 6.43. The van der Waals surface area contributed by atoms with E-state index in [1.54, 1.807) is 0 Å². The van der Waals surface area contributed by atoms with Crippen molar-refractivity contribution >= 4 is 17.5 Å². The van der Waals surface area contributed by atoms with Gasteiger partial charge < -0.3 is 0 Å². The van der Waals surface area contributed by atoms with Crippen LogP contribution in [0.3, 0.4) is 0 Å². The third-order valence-electron chi connectivity index (χ3n) is 3.22. The van der Waals surface area contributed by atoms with E-state index in [0.717, 1.165) is 6.42 Å². The molecule has 0 bridgehead atoms. The first kappa shape index (κ1) is 12.1. The summed E-state index contributed by atoms with van der Waals surface area (Å²) in [5.74, 6) is 1.84. The van der Waals surface area contributed by atoms with Gasteiger partial charge in [-0.3, -0.25) is 4.79 Å². The number of carbonyl (C=O) groups excluding carboxylic acids is 1. The SMILES string of the molecule is CC(C(=O)C1CCCCS1)C(C)(C)C. The van der Waals surface area contributed by atoms with Gasteiger partial charge in [0.1, 0.15) is 5.78 Å². The number of hydrogen-bond acceptors (Lipinski definition) is 2. The molecule has 1 nitrogen and oxygen atoms in total. The van der Waals surface area contributed by atoms with Crippen LogP contribution in [0, 0.1) is 11.3 Å². The number of carbonyl (C=O) groups is 1. The highest BCUT2D eigenvalue weighted by atomic mass is 32.2. The second-order valence-corrected chi connectivity index (χ2v) is 6.66. The largest absolute Gasteiger partial charge is 0.298 e. The molecule has 1 aliphatic rings. The molecule has 1 fully saturated rings. The molecule has 1 aliphatic heterocycles. The van der Waals surface area contributed by atoms with Crippen LogP contribution >= 0.6 is 11.8 Å². The Balaban J connectivity index is 2.55. The molecule has 0 saturated carbocycles. The molecule has 0 radical (unpaired) electrons. The number of rotatable bonds is 2. The van der Waals surface area contributed by atoms with Gasteiger partial charge in [-0.05, 0) is 24.0 Å². The van der Waals surface area contributed by atoms with Crippen molar-refractivity contribution in [1.82, 2.24) is 0 Å². The maximum atomic E-state index is 12.1. The maximum absolute atomic E-state index is 12.1. The van der Waals surface area contributed by atoms with Gasteiger partial charge in [0.15, 0.2) is 0 Å². The first-order valence-corrected chi connectivity index (χ1v) is 6.63. The molecule has 0 amide bonds. The Morgan fingerprint density at radius 3 is 2.43 bits per heavy atom. The van der Waals surface area contributed by atoms with Crippen molar-refractivity contribution in [3.63, 3.8) is 0 Å². The lowest BCUT2D eigenvalue weighted by molar-refractivity contribution is -0.124. The Morgan fingerprint density at radius 1 is 1.36 bits per heavy atom. The molecule has 0 aromatic rings. The van der Waals surface area contributed by atoms with Crippen LogP contribution in [0.2, 0.25) is 0 Å². The summed E-state index contributed by atoms with van der Waals surface area (Å²) in [5.41, 5.74) is 0.120. The van der Waals surface area contributed by atoms with Gasteiger partial charge in [-0.2, -0.15) is 11.8 Å². The van der Waals surface area contributed by atoms with Gasteiger partial charge in [0.25, 0.3) is 0 Å². The van der Waals surface area contributed by atoms with Crippen molar-refractivity contribution in [3.8, 4) is 0 Å². The summed E-state index contributed by atoms with van der Waals surface area (Å²) in [7, 11) is 0. The van der Waals surface area contributed by atoms with E-state index in [4.69, 9.17) is 0 Å². The average molecular weight is 214 g/mol. The maximum Gasteiger partial charge on any atom is 0.149 e. The van der Waals surface area contributed by atoms with Gasteiger partial charge >= 0.3 is 0 Å². The van der Waals surface area contributed by atoms with E-state index in [1.807, 2.05) is 11.8 Å². The third-order valence-corrected chi connectivity index (χ3v) is 4.62. The van der Waals surface area contributed by atoms with E-state index in [-0.39, 0.29) is 16.6 Å². The van der Waals surface area contributed by atoms with Gasteiger partial charge in [-0.25, -0.2) is 0 Å². The second kappa shape index (κ2) is 4.69. The zero-order chi connectivity index (χ0) is 10.8. The predicted octanol–water partition coefficient (Wildman–Crippen LogP) is 3.52. The summed E-state index contributed by atoms with van der Waals surface area (Å²) in [5, 5.41) is 0.290. The number of ketones is 1. The highest BCUT2D eigenvalue weighted by molar-refractivity contribution is 8.00. The van der Waals surface area contributed by atoms with Gasteiger partial charge in [0.05, 0.1) is 5.25 Å². The summed E-state index contributed by atoms with van der Waals surface area (Å²) in [4.78, 5) is 12.1. The molecule has 82 valence electrons. The molecule has 0 aliphatic carbocycles. The van der Waals surface area contributed by atoms with Crippen LogP contribution in [0.15, 0.2) is 0 Å². The minimum absolute atomic E-state index is 0.120. The van der Waals surface area contributed by atoms with Crippen molar-refractivity contribution in [2.75, 3.05) is 5.75 Å². The van der Waals surface area contributed by atoms with Gasteiger partial charge in [0, 0.05) is 5.92 Å². The molecule has 0 spiro atoms. The average Bonchev–Trinajstić information content (AvgIpc) is 2.15. The van der Waals surface area contributed by atoms with Crippen molar-refractivity contribution in [1.29, 1.82) is 0 Å². The monoisotopic (exact) mass is 214 g/mol. The fourth-order valence-electron chi connectivity index (χ4n) is 1.67. The standard InChI is InChI=1S/C12H22OS/c1-9(12(2,3)4)11(13)10-7-5-6-8-14-10/h9-10H,5-8H2,1-4H3. The lowest BCUT2D eigenvalue weighted by Gasteiger charge is -2.30. The van der Waals surface area contributed by atoms with E-state index >= 15 is 0 Å². The molecular formula is C12H22OS. The van der Waals surface area contributed by atoms with Crippen molar-refractivity contribution < 1.29 is 4.79 Å². The molecule has 2 heteroatoms.